The SMILES string of the molecule is CC1(c2ccc3c(c2)CCCC3)NC(=O)N(CC(=O)O)C1=O. The third kappa shape index (κ3) is 2.24. The van der Waals surface area contributed by atoms with E-state index in [9.17, 15) is 14.4 Å². The van der Waals surface area contributed by atoms with Crippen molar-refractivity contribution < 1.29 is 19.5 Å². The molecule has 1 atom stereocenters. The zero-order chi connectivity index (χ0) is 15.9. The van der Waals surface area contributed by atoms with Crippen molar-refractivity contribution in [2.75, 3.05) is 6.54 Å². The number of carboxylic acid groups (broad SMARTS) is 1. The van der Waals surface area contributed by atoms with Gasteiger partial charge in [-0.25, -0.2) is 4.79 Å². The van der Waals surface area contributed by atoms with Crippen molar-refractivity contribution in [1.82, 2.24) is 10.2 Å². The van der Waals surface area contributed by atoms with E-state index in [-0.39, 0.29) is 0 Å². The van der Waals surface area contributed by atoms with Gasteiger partial charge in [0.2, 0.25) is 0 Å². The van der Waals surface area contributed by atoms with Gasteiger partial charge in [0.25, 0.3) is 5.91 Å². The van der Waals surface area contributed by atoms with Crippen LogP contribution in [0.3, 0.4) is 0 Å². The van der Waals surface area contributed by atoms with Gasteiger partial charge in [-0.3, -0.25) is 14.5 Å². The molecule has 2 N–H and O–H groups in total. The van der Waals surface area contributed by atoms with Gasteiger partial charge in [-0.05, 0) is 49.3 Å². The van der Waals surface area contributed by atoms with E-state index >= 15 is 0 Å². The van der Waals surface area contributed by atoms with E-state index in [2.05, 4.69) is 5.32 Å². The summed E-state index contributed by atoms with van der Waals surface area (Å²) in [6.45, 7) is 1.00. The molecule has 6 heteroatoms. The van der Waals surface area contributed by atoms with Crippen molar-refractivity contribution in [3.8, 4) is 0 Å². The van der Waals surface area contributed by atoms with Crippen LogP contribution in [0, 0.1) is 0 Å². The molecule has 6 nitrogen and oxygen atoms in total. The molecule has 0 radical (unpaired) electrons. The van der Waals surface area contributed by atoms with E-state index in [1.54, 1.807) is 6.92 Å². The molecule has 3 rings (SSSR count). The highest BCUT2D eigenvalue weighted by Gasteiger charge is 2.49. The minimum atomic E-state index is -1.21. The summed E-state index contributed by atoms with van der Waals surface area (Å²) >= 11 is 0. The van der Waals surface area contributed by atoms with Crippen molar-refractivity contribution in [3.05, 3.63) is 34.9 Å². The molecule has 1 aliphatic carbocycles. The quantitative estimate of drug-likeness (QED) is 0.827. The third-order valence-corrected chi connectivity index (χ3v) is 4.49. The first-order valence-electron chi connectivity index (χ1n) is 7.40. The standard InChI is InChI=1S/C16H18N2O4/c1-16(14(21)18(9-13(19)20)15(22)17-16)12-7-6-10-4-2-3-5-11(10)8-12/h6-8H,2-5,9H2,1H3,(H,17,22)(H,19,20). The van der Waals surface area contributed by atoms with Gasteiger partial charge in [0.15, 0.2) is 0 Å². The fourth-order valence-corrected chi connectivity index (χ4v) is 3.22. The number of hydrogen-bond acceptors (Lipinski definition) is 3. The van der Waals surface area contributed by atoms with Crippen molar-refractivity contribution in [2.45, 2.75) is 38.1 Å². The number of benzene rings is 1. The van der Waals surface area contributed by atoms with E-state index in [4.69, 9.17) is 5.11 Å². The number of nitrogens with zero attached hydrogens (tertiary/aromatic N) is 1. The van der Waals surface area contributed by atoms with Gasteiger partial charge in [0, 0.05) is 0 Å². The number of rotatable bonds is 3. The number of fused-ring (bicyclic) bond motifs is 1. The Bertz CT molecular complexity index is 670. The van der Waals surface area contributed by atoms with E-state index in [1.807, 2.05) is 18.2 Å². The van der Waals surface area contributed by atoms with Crippen LogP contribution >= 0.6 is 0 Å². The second-order valence-electron chi connectivity index (χ2n) is 6.03. The summed E-state index contributed by atoms with van der Waals surface area (Å²) in [4.78, 5) is 36.0. The maximum Gasteiger partial charge on any atom is 0.325 e. The lowest BCUT2D eigenvalue weighted by molar-refractivity contribution is -0.142. The van der Waals surface area contributed by atoms with Crippen molar-refractivity contribution >= 4 is 17.9 Å². The lowest BCUT2D eigenvalue weighted by Gasteiger charge is -2.25. The average Bonchev–Trinajstić information content (AvgIpc) is 2.71. The van der Waals surface area contributed by atoms with Gasteiger partial charge < -0.3 is 10.4 Å². The molecular formula is C16H18N2O4. The Morgan fingerprint density at radius 2 is 1.95 bits per heavy atom. The van der Waals surface area contributed by atoms with Crippen LogP contribution in [0.25, 0.3) is 0 Å². The number of aliphatic carboxylic acids is 1. The summed E-state index contributed by atoms with van der Waals surface area (Å²) < 4.78 is 0. The number of carbonyl (C=O) groups is 3. The number of urea groups is 1. The fraction of sp³-hybridized carbons (Fsp3) is 0.438. The Balaban J connectivity index is 1.95. The number of carboxylic acids is 1. The van der Waals surface area contributed by atoms with E-state index < -0.39 is 30.0 Å². The summed E-state index contributed by atoms with van der Waals surface area (Å²) in [6.07, 6.45) is 4.31. The smallest absolute Gasteiger partial charge is 0.325 e. The van der Waals surface area contributed by atoms with Crippen LogP contribution in [0.2, 0.25) is 0 Å². The molecule has 1 aromatic rings. The van der Waals surface area contributed by atoms with Gasteiger partial charge in [0.1, 0.15) is 12.1 Å². The van der Waals surface area contributed by atoms with E-state index in [0.29, 0.717) is 5.56 Å². The van der Waals surface area contributed by atoms with Crippen LogP contribution in [0.4, 0.5) is 4.79 Å². The Kier molecular flexibility index (Phi) is 3.39. The minimum Gasteiger partial charge on any atom is -0.480 e. The topological polar surface area (TPSA) is 86.7 Å². The zero-order valence-electron chi connectivity index (χ0n) is 12.4. The second kappa shape index (κ2) is 5.12. The highest BCUT2D eigenvalue weighted by atomic mass is 16.4. The molecule has 1 fully saturated rings. The number of aryl methyl sites for hydroxylation is 2. The van der Waals surface area contributed by atoms with Crippen LogP contribution in [0.5, 0.6) is 0 Å². The maximum absolute atomic E-state index is 12.5. The second-order valence-corrected chi connectivity index (χ2v) is 6.03. The molecule has 0 saturated carbocycles. The van der Waals surface area contributed by atoms with Gasteiger partial charge in [-0.1, -0.05) is 18.2 Å². The van der Waals surface area contributed by atoms with Crippen LogP contribution < -0.4 is 5.32 Å². The summed E-state index contributed by atoms with van der Waals surface area (Å²) in [5.74, 6) is -1.73. The molecule has 0 aromatic heterocycles. The highest BCUT2D eigenvalue weighted by Crippen LogP contribution is 2.32. The first-order valence-corrected chi connectivity index (χ1v) is 7.40. The molecule has 1 aromatic carbocycles. The summed E-state index contributed by atoms with van der Waals surface area (Å²) in [5, 5.41) is 11.5. The Labute approximate surface area is 128 Å². The van der Waals surface area contributed by atoms with Crippen LogP contribution in [-0.4, -0.2) is 34.5 Å². The first-order chi connectivity index (χ1) is 10.4. The highest BCUT2D eigenvalue weighted by molar-refractivity contribution is 6.08. The molecular weight excluding hydrogens is 284 g/mol. The summed E-state index contributed by atoms with van der Waals surface area (Å²) in [7, 11) is 0. The van der Waals surface area contributed by atoms with Gasteiger partial charge in [-0.15, -0.1) is 0 Å². The van der Waals surface area contributed by atoms with Gasteiger partial charge >= 0.3 is 12.0 Å². The molecule has 2 aliphatic rings. The molecule has 116 valence electrons. The Morgan fingerprint density at radius 1 is 1.27 bits per heavy atom. The summed E-state index contributed by atoms with van der Waals surface area (Å²) in [6, 6.07) is 5.17. The van der Waals surface area contributed by atoms with Gasteiger partial charge in [-0.2, -0.15) is 0 Å². The molecule has 1 heterocycles. The lowest BCUT2D eigenvalue weighted by atomic mass is 9.85. The van der Waals surface area contributed by atoms with Crippen molar-refractivity contribution in [1.29, 1.82) is 0 Å². The molecule has 0 bridgehead atoms. The third-order valence-electron chi connectivity index (χ3n) is 4.49. The van der Waals surface area contributed by atoms with E-state index in [0.717, 1.165) is 24.2 Å². The lowest BCUT2D eigenvalue weighted by Crippen LogP contribution is -2.41. The average molecular weight is 302 g/mol. The maximum atomic E-state index is 12.5. The molecule has 3 amide bonds. The largest absolute Gasteiger partial charge is 0.480 e. The molecule has 0 spiro atoms. The fourth-order valence-electron chi connectivity index (χ4n) is 3.22. The summed E-state index contributed by atoms with van der Waals surface area (Å²) in [5.41, 5.74) is 2.01. The monoisotopic (exact) mass is 302 g/mol. The normalized spacial score (nSPS) is 24.1. The zero-order valence-corrected chi connectivity index (χ0v) is 12.4. The number of nitrogens with one attached hydrogen (secondary N) is 1. The number of carbonyl (C=O) groups excluding carboxylic acids is 2. The van der Waals surface area contributed by atoms with E-state index in [1.165, 1.54) is 17.5 Å². The number of imide groups is 1. The first kappa shape index (κ1) is 14.6. The van der Waals surface area contributed by atoms with Crippen LogP contribution in [0.15, 0.2) is 18.2 Å². The molecule has 1 aliphatic heterocycles. The minimum absolute atomic E-state index is 0.518. The predicted molar refractivity (Wildman–Crippen MR) is 78.3 cm³/mol. The molecule has 1 unspecified atom stereocenters. The van der Waals surface area contributed by atoms with Crippen molar-refractivity contribution in [3.63, 3.8) is 0 Å². The predicted octanol–water partition coefficient (Wildman–Crippen LogP) is 1.42. The molecule has 22 heavy (non-hydrogen) atoms. The molecule has 1 saturated heterocycles. The number of amides is 3. The Hall–Kier alpha value is -2.37. The number of hydrogen-bond donors (Lipinski definition) is 2. The van der Waals surface area contributed by atoms with Crippen molar-refractivity contribution in [2.24, 2.45) is 0 Å². The van der Waals surface area contributed by atoms with Crippen LogP contribution in [-0.2, 0) is 28.0 Å². The van der Waals surface area contributed by atoms with Crippen LogP contribution in [0.1, 0.15) is 36.5 Å². The van der Waals surface area contributed by atoms with Gasteiger partial charge in [0.05, 0.1) is 0 Å². The Morgan fingerprint density at radius 3 is 2.64 bits per heavy atom.